The Morgan fingerprint density at radius 3 is 3.00 bits per heavy atom. The van der Waals surface area contributed by atoms with Gasteiger partial charge in [0.05, 0.1) is 0 Å². The molecule has 15 heavy (non-hydrogen) atoms. The van der Waals surface area contributed by atoms with E-state index in [9.17, 15) is 0 Å². The molecule has 0 bridgehead atoms. The Hall–Kier alpha value is -1.05. The summed E-state index contributed by atoms with van der Waals surface area (Å²) >= 11 is 0. The number of rotatable bonds is 3. The van der Waals surface area contributed by atoms with Crippen LogP contribution in [0.15, 0.2) is 18.3 Å². The third-order valence-corrected chi connectivity index (χ3v) is 3.39. The lowest BCUT2D eigenvalue weighted by atomic mass is 10.1. The fourth-order valence-corrected chi connectivity index (χ4v) is 2.26. The lowest BCUT2D eigenvalue weighted by Gasteiger charge is -2.18. The third kappa shape index (κ3) is 2.31. The Bertz CT molecular complexity index is 322. The van der Waals surface area contributed by atoms with Gasteiger partial charge in [0.25, 0.3) is 0 Å². The molecule has 0 amide bonds. The normalized spacial score (nSPS) is 20.9. The molecule has 82 valence electrons. The number of anilines is 1. The minimum absolute atomic E-state index is 0.892. The topological polar surface area (TPSA) is 16.1 Å². The highest BCUT2D eigenvalue weighted by Crippen LogP contribution is 2.25. The molecule has 1 aliphatic rings. The lowest BCUT2D eigenvalue weighted by molar-refractivity contribution is 0.569. The maximum atomic E-state index is 4.34. The molecule has 1 fully saturated rings. The minimum atomic E-state index is 0.892. The standard InChI is InChI=1S/C13H20N2/c1-3-11-6-8-15(10-11)13-5-7-14-12(4-2)9-13/h5,7,9,11H,3-4,6,8,10H2,1-2H3. The summed E-state index contributed by atoms with van der Waals surface area (Å²) in [5.74, 6) is 0.892. The molecule has 1 aliphatic heterocycles. The van der Waals surface area contributed by atoms with Gasteiger partial charge >= 0.3 is 0 Å². The van der Waals surface area contributed by atoms with Crippen LogP contribution in [0.25, 0.3) is 0 Å². The first-order valence-electron chi connectivity index (χ1n) is 6.03. The summed E-state index contributed by atoms with van der Waals surface area (Å²) in [6, 6.07) is 4.37. The molecule has 1 saturated heterocycles. The predicted octanol–water partition coefficient (Wildman–Crippen LogP) is 2.88. The van der Waals surface area contributed by atoms with Crippen molar-refractivity contribution in [1.82, 2.24) is 4.98 Å². The van der Waals surface area contributed by atoms with Crippen LogP contribution in [-0.2, 0) is 6.42 Å². The van der Waals surface area contributed by atoms with E-state index in [4.69, 9.17) is 0 Å². The van der Waals surface area contributed by atoms with Crippen molar-refractivity contribution in [3.63, 3.8) is 0 Å². The highest BCUT2D eigenvalue weighted by Gasteiger charge is 2.21. The zero-order valence-corrected chi connectivity index (χ0v) is 9.74. The molecule has 1 unspecified atom stereocenters. The highest BCUT2D eigenvalue weighted by atomic mass is 15.1. The highest BCUT2D eigenvalue weighted by molar-refractivity contribution is 5.47. The molecule has 1 aromatic rings. The molecule has 0 saturated carbocycles. The van der Waals surface area contributed by atoms with Gasteiger partial charge in [0.2, 0.25) is 0 Å². The number of hydrogen-bond donors (Lipinski definition) is 0. The van der Waals surface area contributed by atoms with Crippen LogP contribution in [0.4, 0.5) is 5.69 Å². The van der Waals surface area contributed by atoms with Crippen molar-refractivity contribution in [3.05, 3.63) is 24.0 Å². The molecule has 0 spiro atoms. The van der Waals surface area contributed by atoms with Crippen LogP contribution in [0.5, 0.6) is 0 Å². The third-order valence-electron chi connectivity index (χ3n) is 3.39. The van der Waals surface area contributed by atoms with Gasteiger partial charge in [0.1, 0.15) is 0 Å². The van der Waals surface area contributed by atoms with E-state index in [2.05, 4.69) is 35.9 Å². The average molecular weight is 204 g/mol. The van der Waals surface area contributed by atoms with Gasteiger partial charge in [-0.05, 0) is 30.9 Å². The van der Waals surface area contributed by atoms with Crippen LogP contribution in [0.3, 0.4) is 0 Å². The van der Waals surface area contributed by atoms with E-state index in [-0.39, 0.29) is 0 Å². The number of aromatic nitrogens is 1. The van der Waals surface area contributed by atoms with Crippen molar-refractivity contribution >= 4 is 5.69 Å². The molecule has 2 heteroatoms. The first kappa shape index (κ1) is 10.5. The molecule has 0 radical (unpaired) electrons. The largest absolute Gasteiger partial charge is 0.371 e. The molecule has 2 rings (SSSR count). The van der Waals surface area contributed by atoms with Gasteiger partial charge in [0, 0.05) is 30.7 Å². The van der Waals surface area contributed by atoms with Gasteiger partial charge in [0.15, 0.2) is 0 Å². The van der Waals surface area contributed by atoms with Crippen molar-refractivity contribution in [2.24, 2.45) is 5.92 Å². The smallest absolute Gasteiger partial charge is 0.0421 e. The Balaban J connectivity index is 2.09. The van der Waals surface area contributed by atoms with Gasteiger partial charge in [-0.3, -0.25) is 4.98 Å². The van der Waals surface area contributed by atoms with Crippen LogP contribution in [0, 0.1) is 5.92 Å². The van der Waals surface area contributed by atoms with Crippen LogP contribution in [0.2, 0.25) is 0 Å². The number of pyridine rings is 1. The molecular formula is C13H20N2. The number of nitrogens with zero attached hydrogens (tertiary/aromatic N) is 2. The molecule has 0 N–H and O–H groups in total. The van der Waals surface area contributed by atoms with Crippen LogP contribution < -0.4 is 4.90 Å². The van der Waals surface area contributed by atoms with Gasteiger partial charge in [-0.2, -0.15) is 0 Å². The maximum Gasteiger partial charge on any atom is 0.0421 e. The van der Waals surface area contributed by atoms with E-state index >= 15 is 0 Å². The van der Waals surface area contributed by atoms with Crippen molar-refractivity contribution in [2.75, 3.05) is 18.0 Å². The zero-order valence-electron chi connectivity index (χ0n) is 9.74. The van der Waals surface area contributed by atoms with Crippen molar-refractivity contribution in [3.8, 4) is 0 Å². The van der Waals surface area contributed by atoms with Gasteiger partial charge in [-0.1, -0.05) is 20.3 Å². The summed E-state index contributed by atoms with van der Waals surface area (Å²) in [6.45, 7) is 6.89. The van der Waals surface area contributed by atoms with E-state index < -0.39 is 0 Å². The first-order valence-corrected chi connectivity index (χ1v) is 6.03. The Morgan fingerprint density at radius 1 is 1.47 bits per heavy atom. The SMILES string of the molecule is CCc1cc(N2CCC(CC)C2)ccn1. The summed E-state index contributed by atoms with van der Waals surface area (Å²) in [5, 5.41) is 0. The second-order valence-corrected chi connectivity index (χ2v) is 4.37. The van der Waals surface area contributed by atoms with Crippen LogP contribution in [0.1, 0.15) is 32.4 Å². The second kappa shape index (κ2) is 4.65. The Labute approximate surface area is 92.3 Å². The molecule has 2 nitrogen and oxygen atoms in total. The Kier molecular flexibility index (Phi) is 3.24. The molecular weight excluding hydrogens is 184 g/mol. The first-order chi connectivity index (χ1) is 7.33. The van der Waals surface area contributed by atoms with E-state index in [1.165, 1.54) is 37.3 Å². The van der Waals surface area contributed by atoms with Crippen molar-refractivity contribution in [2.45, 2.75) is 33.1 Å². The average Bonchev–Trinajstić information content (AvgIpc) is 2.78. The second-order valence-electron chi connectivity index (χ2n) is 4.37. The molecule has 0 aliphatic carbocycles. The number of hydrogen-bond acceptors (Lipinski definition) is 2. The molecule has 0 aromatic carbocycles. The minimum Gasteiger partial charge on any atom is -0.371 e. The summed E-state index contributed by atoms with van der Waals surface area (Å²) in [4.78, 5) is 6.84. The van der Waals surface area contributed by atoms with Crippen LogP contribution >= 0.6 is 0 Å². The fourth-order valence-electron chi connectivity index (χ4n) is 2.26. The van der Waals surface area contributed by atoms with Gasteiger partial charge in [-0.25, -0.2) is 0 Å². The lowest BCUT2D eigenvalue weighted by Crippen LogP contribution is -2.19. The quantitative estimate of drug-likeness (QED) is 0.752. The van der Waals surface area contributed by atoms with Crippen molar-refractivity contribution < 1.29 is 0 Å². The fraction of sp³-hybridized carbons (Fsp3) is 0.615. The van der Waals surface area contributed by atoms with Crippen molar-refractivity contribution in [1.29, 1.82) is 0 Å². The molecule has 1 atom stereocenters. The van der Waals surface area contributed by atoms with E-state index in [1.54, 1.807) is 0 Å². The summed E-state index contributed by atoms with van der Waals surface area (Å²) in [7, 11) is 0. The maximum absolute atomic E-state index is 4.34. The Morgan fingerprint density at radius 2 is 2.33 bits per heavy atom. The zero-order chi connectivity index (χ0) is 10.7. The summed E-state index contributed by atoms with van der Waals surface area (Å²) in [5.41, 5.74) is 2.56. The molecule has 2 heterocycles. The summed E-state index contributed by atoms with van der Waals surface area (Å²) in [6.07, 6.45) is 5.62. The van der Waals surface area contributed by atoms with E-state index in [1.807, 2.05) is 6.20 Å². The van der Waals surface area contributed by atoms with E-state index in [0.717, 1.165) is 12.3 Å². The van der Waals surface area contributed by atoms with E-state index in [0.29, 0.717) is 0 Å². The molecule has 1 aromatic heterocycles. The van der Waals surface area contributed by atoms with Gasteiger partial charge in [-0.15, -0.1) is 0 Å². The monoisotopic (exact) mass is 204 g/mol. The predicted molar refractivity (Wildman–Crippen MR) is 64.2 cm³/mol. The number of aryl methyl sites for hydroxylation is 1. The van der Waals surface area contributed by atoms with Gasteiger partial charge < -0.3 is 4.90 Å². The summed E-state index contributed by atoms with van der Waals surface area (Å²) < 4.78 is 0. The van der Waals surface area contributed by atoms with Crippen LogP contribution in [-0.4, -0.2) is 18.1 Å².